The first kappa shape index (κ1) is 20.3. The number of likely N-dealkylation sites (tertiary alicyclic amines) is 1. The Balaban J connectivity index is 1.50. The molecule has 1 atom stereocenters. The fraction of sp³-hybridized carbons (Fsp3) is 0.429. The summed E-state index contributed by atoms with van der Waals surface area (Å²) >= 11 is 1.54. The maximum atomic E-state index is 13.2. The number of halogens is 1. The number of urea groups is 1. The van der Waals surface area contributed by atoms with E-state index in [1.54, 1.807) is 23.5 Å². The first-order valence-electron chi connectivity index (χ1n) is 9.74. The van der Waals surface area contributed by atoms with Gasteiger partial charge in [-0.25, -0.2) is 9.18 Å². The Morgan fingerprint density at radius 1 is 1.18 bits per heavy atom. The Labute approximate surface area is 168 Å². The average molecular weight is 404 g/mol. The fourth-order valence-electron chi connectivity index (χ4n) is 3.36. The van der Waals surface area contributed by atoms with Crippen molar-refractivity contribution in [2.24, 2.45) is 0 Å². The number of thiophene rings is 1. The number of carbonyl (C=O) groups excluding carboxylic acids is 2. The number of carbonyl (C=O) groups is 2. The van der Waals surface area contributed by atoms with Crippen molar-refractivity contribution in [2.75, 3.05) is 19.6 Å². The van der Waals surface area contributed by atoms with Crippen LogP contribution in [0.3, 0.4) is 0 Å². The zero-order valence-electron chi connectivity index (χ0n) is 15.8. The largest absolute Gasteiger partial charge is 0.343 e. The summed E-state index contributed by atoms with van der Waals surface area (Å²) in [6, 6.07) is 9.44. The summed E-state index contributed by atoms with van der Waals surface area (Å²) in [4.78, 5) is 27.3. The molecule has 1 aliphatic rings. The molecule has 2 N–H and O–H groups in total. The third-order valence-corrected chi connectivity index (χ3v) is 5.81. The minimum absolute atomic E-state index is 0.219. The van der Waals surface area contributed by atoms with E-state index >= 15 is 0 Å². The molecule has 1 aliphatic heterocycles. The molecule has 1 fully saturated rings. The molecule has 1 saturated heterocycles. The monoisotopic (exact) mass is 403 g/mol. The van der Waals surface area contributed by atoms with Crippen molar-refractivity contribution in [1.82, 2.24) is 15.5 Å². The van der Waals surface area contributed by atoms with Gasteiger partial charge in [0.1, 0.15) is 5.82 Å². The third kappa shape index (κ3) is 5.79. The molecule has 3 rings (SSSR count). The van der Waals surface area contributed by atoms with E-state index in [-0.39, 0.29) is 23.8 Å². The van der Waals surface area contributed by atoms with E-state index in [0.717, 1.165) is 42.7 Å². The highest BCUT2D eigenvalue weighted by Gasteiger charge is 2.19. The van der Waals surface area contributed by atoms with Crippen molar-refractivity contribution in [3.63, 3.8) is 0 Å². The molecule has 2 heterocycles. The van der Waals surface area contributed by atoms with E-state index in [1.165, 1.54) is 12.1 Å². The van der Waals surface area contributed by atoms with Crippen LogP contribution in [0.2, 0.25) is 0 Å². The Morgan fingerprint density at radius 2 is 2.00 bits per heavy atom. The molecule has 0 unspecified atom stereocenters. The van der Waals surface area contributed by atoms with Crippen LogP contribution >= 0.6 is 11.3 Å². The SMILES string of the molecule is O=C(NCCCN1CCCCCC1=O)N[C@H](c1ccc(F)cc1)c1cccs1. The van der Waals surface area contributed by atoms with Gasteiger partial charge in [0.05, 0.1) is 6.04 Å². The Kier molecular flexibility index (Phi) is 7.42. The van der Waals surface area contributed by atoms with Crippen LogP contribution in [-0.4, -0.2) is 36.5 Å². The molecule has 1 aromatic heterocycles. The van der Waals surface area contributed by atoms with Crippen LogP contribution < -0.4 is 10.6 Å². The van der Waals surface area contributed by atoms with Gasteiger partial charge in [-0.15, -0.1) is 11.3 Å². The highest BCUT2D eigenvalue weighted by molar-refractivity contribution is 7.10. The van der Waals surface area contributed by atoms with Gasteiger partial charge in [0, 0.05) is 30.9 Å². The summed E-state index contributed by atoms with van der Waals surface area (Å²) in [5, 5.41) is 7.79. The van der Waals surface area contributed by atoms with E-state index in [1.807, 2.05) is 22.4 Å². The molecule has 0 radical (unpaired) electrons. The van der Waals surface area contributed by atoms with E-state index < -0.39 is 0 Å². The number of hydrogen-bond donors (Lipinski definition) is 2. The lowest BCUT2D eigenvalue weighted by atomic mass is 10.1. The standard InChI is InChI=1S/C21H26FN3O2S/c22-17-10-8-16(9-11-17)20(18-6-4-15-28-18)24-21(27)23-12-5-14-25-13-3-1-2-7-19(25)26/h4,6,8-11,15,20H,1-3,5,7,12-14H2,(H2,23,24,27)/t20-/m1/s1. The van der Waals surface area contributed by atoms with Crippen molar-refractivity contribution in [2.45, 2.75) is 38.1 Å². The lowest BCUT2D eigenvalue weighted by molar-refractivity contribution is -0.130. The molecule has 5 nitrogen and oxygen atoms in total. The molecule has 7 heteroatoms. The molecule has 1 aromatic carbocycles. The van der Waals surface area contributed by atoms with Crippen molar-refractivity contribution in [3.05, 3.63) is 58.0 Å². The highest BCUT2D eigenvalue weighted by atomic mass is 32.1. The van der Waals surface area contributed by atoms with Gasteiger partial charge in [-0.05, 0) is 48.4 Å². The molecule has 0 aliphatic carbocycles. The number of rotatable bonds is 7. The number of hydrogen-bond acceptors (Lipinski definition) is 3. The topological polar surface area (TPSA) is 61.4 Å². The second-order valence-electron chi connectivity index (χ2n) is 6.95. The van der Waals surface area contributed by atoms with Crippen LogP contribution in [0.4, 0.5) is 9.18 Å². The van der Waals surface area contributed by atoms with Crippen molar-refractivity contribution < 1.29 is 14.0 Å². The van der Waals surface area contributed by atoms with E-state index in [2.05, 4.69) is 10.6 Å². The summed E-state index contributed by atoms with van der Waals surface area (Å²) in [7, 11) is 0. The molecular weight excluding hydrogens is 377 g/mol. The minimum Gasteiger partial charge on any atom is -0.343 e. The summed E-state index contributed by atoms with van der Waals surface area (Å²) < 4.78 is 13.2. The van der Waals surface area contributed by atoms with Gasteiger partial charge in [-0.2, -0.15) is 0 Å². The van der Waals surface area contributed by atoms with Crippen LogP contribution in [0.25, 0.3) is 0 Å². The van der Waals surface area contributed by atoms with Crippen molar-refractivity contribution in [1.29, 1.82) is 0 Å². The van der Waals surface area contributed by atoms with Gasteiger partial charge in [0.15, 0.2) is 0 Å². The third-order valence-electron chi connectivity index (χ3n) is 4.87. The van der Waals surface area contributed by atoms with Crippen molar-refractivity contribution in [3.8, 4) is 0 Å². The lowest BCUT2D eigenvalue weighted by Gasteiger charge is -2.21. The van der Waals surface area contributed by atoms with Crippen LogP contribution in [0, 0.1) is 5.82 Å². The van der Waals surface area contributed by atoms with Gasteiger partial charge < -0.3 is 15.5 Å². The number of nitrogens with one attached hydrogen (secondary N) is 2. The molecule has 2 aromatic rings. The second-order valence-corrected chi connectivity index (χ2v) is 7.92. The Hall–Kier alpha value is -2.41. The molecule has 0 bridgehead atoms. The number of nitrogens with zero attached hydrogens (tertiary/aromatic N) is 1. The average Bonchev–Trinajstić information content (AvgIpc) is 3.14. The molecule has 0 saturated carbocycles. The smallest absolute Gasteiger partial charge is 0.315 e. The molecular formula is C21H26FN3O2S. The first-order valence-corrected chi connectivity index (χ1v) is 10.6. The Morgan fingerprint density at radius 3 is 2.75 bits per heavy atom. The van der Waals surface area contributed by atoms with Crippen LogP contribution in [0.15, 0.2) is 41.8 Å². The summed E-state index contributed by atoms with van der Waals surface area (Å²) in [6.45, 7) is 1.98. The maximum Gasteiger partial charge on any atom is 0.315 e. The number of amides is 3. The van der Waals surface area contributed by atoms with Gasteiger partial charge in [0.25, 0.3) is 0 Å². The molecule has 3 amide bonds. The lowest BCUT2D eigenvalue weighted by Crippen LogP contribution is -2.40. The second kappa shape index (κ2) is 10.2. The maximum absolute atomic E-state index is 13.2. The van der Waals surface area contributed by atoms with E-state index in [4.69, 9.17) is 0 Å². The predicted molar refractivity (Wildman–Crippen MR) is 109 cm³/mol. The van der Waals surface area contributed by atoms with Crippen LogP contribution in [0.1, 0.15) is 48.6 Å². The normalized spacial score (nSPS) is 15.8. The zero-order valence-corrected chi connectivity index (χ0v) is 16.6. The highest BCUT2D eigenvalue weighted by Crippen LogP contribution is 2.26. The van der Waals surface area contributed by atoms with Crippen molar-refractivity contribution >= 4 is 23.3 Å². The molecule has 0 spiro atoms. The Bertz CT molecular complexity index is 764. The van der Waals surface area contributed by atoms with Gasteiger partial charge >= 0.3 is 6.03 Å². The summed E-state index contributed by atoms with van der Waals surface area (Å²) in [5.74, 6) is -0.0859. The van der Waals surface area contributed by atoms with E-state index in [0.29, 0.717) is 19.5 Å². The van der Waals surface area contributed by atoms with Gasteiger partial charge in [-0.1, -0.05) is 24.6 Å². The molecule has 150 valence electrons. The number of benzene rings is 1. The minimum atomic E-state index is -0.326. The first-order chi connectivity index (χ1) is 13.6. The summed E-state index contributed by atoms with van der Waals surface area (Å²) in [5.41, 5.74) is 0.828. The predicted octanol–water partition coefficient (Wildman–Crippen LogP) is 4.07. The fourth-order valence-corrected chi connectivity index (χ4v) is 4.16. The van der Waals surface area contributed by atoms with Gasteiger partial charge in [0.2, 0.25) is 5.91 Å². The summed E-state index contributed by atoms with van der Waals surface area (Å²) in [6.07, 6.45) is 4.49. The quantitative estimate of drug-likeness (QED) is 0.685. The zero-order chi connectivity index (χ0) is 19.8. The van der Waals surface area contributed by atoms with Crippen LogP contribution in [0.5, 0.6) is 0 Å². The molecule has 28 heavy (non-hydrogen) atoms. The van der Waals surface area contributed by atoms with Crippen LogP contribution in [-0.2, 0) is 4.79 Å². The van der Waals surface area contributed by atoms with E-state index in [9.17, 15) is 14.0 Å². The van der Waals surface area contributed by atoms with Gasteiger partial charge in [-0.3, -0.25) is 4.79 Å².